The second-order valence-electron chi connectivity index (χ2n) is 10.0. The Morgan fingerprint density at radius 3 is 2.41 bits per heavy atom. The van der Waals surface area contributed by atoms with Crippen LogP contribution in [0.4, 0.5) is 5.69 Å². The summed E-state index contributed by atoms with van der Waals surface area (Å²) >= 11 is 5.99. The second kappa shape index (κ2) is 15.7. The maximum atomic E-state index is 12.8. The number of amides is 1. The fourth-order valence-corrected chi connectivity index (χ4v) is 5.12. The van der Waals surface area contributed by atoms with Gasteiger partial charge in [0.1, 0.15) is 5.75 Å². The Kier molecular flexibility index (Phi) is 12.4. The van der Waals surface area contributed by atoms with E-state index in [-0.39, 0.29) is 30.3 Å². The van der Waals surface area contributed by atoms with Crippen LogP contribution in [0.3, 0.4) is 0 Å². The smallest absolute Gasteiger partial charge is 0.268 e. The molecule has 0 aliphatic heterocycles. The van der Waals surface area contributed by atoms with E-state index in [1.165, 1.54) is 0 Å². The third kappa shape index (κ3) is 10.6. The molecule has 1 amide bonds. The number of carbonyl (C=O) groups is 1. The topological polar surface area (TPSA) is 137 Å². The first-order valence-electron chi connectivity index (χ1n) is 13.5. The molecule has 0 bridgehead atoms. The highest BCUT2D eigenvalue weighted by Gasteiger charge is 2.20. The Labute approximate surface area is 247 Å². The number of anilines is 1. The van der Waals surface area contributed by atoms with E-state index in [1.54, 1.807) is 30.3 Å². The number of ether oxygens (including phenoxy) is 1. The van der Waals surface area contributed by atoms with Gasteiger partial charge in [0.25, 0.3) is 5.91 Å². The molecular formula is C30H38ClN3O6S. The van der Waals surface area contributed by atoms with Gasteiger partial charge in [-0.15, -0.1) is 0 Å². The summed E-state index contributed by atoms with van der Waals surface area (Å²) in [6.07, 6.45) is -0.609. The first kappa shape index (κ1) is 32.4. The summed E-state index contributed by atoms with van der Waals surface area (Å²) < 4.78 is 32.3. The van der Waals surface area contributed by atoms with Gasteiger partial charge < -0.3 is 25.6 Å². The first-order valence-corrected chi connectivity index (χ1v) is 15.5. The highest BCUT2D eigenvalue weighted by Crippen LogP contribution is 2.29. The van der Waals surface area contributed by atoms with Crippen molar-refractivity contribution in [2.45, 2.75) is 26.4 Å². The first-order chi connectivity index (χ1) is 19.6. The number of hydrogen-bond donors (Lipinski definition) is 5. The molecule has 0 aromatic heterocycles. The third-order valence-electron chi connectivity index (χ3n) is 6.04. The van der Waals surface area contributed by atoms with Crippen LogP contribution >= 0.6 is 11.6 Å². The Morgan fingerprint density at radius 2 is 1.73 bits per heavy atom. The molecule has 0 aliphatic carbocycles. The zero-order chi connectivity index (χ0) is 29.8. The molecule has 3 aromatic rings. The average Bonchev–Trinajstić information content (AvgIpc) is 2.94. The number of carbonyl (C=O) groups excluding carboxylic acids is 1. The molecule has 0 fully saturated rings. The van der Waals surface area contributed by atoms with Gasteiger partial charge in [-0.05, 0) is 65.4 Å². The SMILES string of the molecule is CC(C)COc1cc(-c2ccc(NCCNC[C@H](O)c3cccc(Cl)c3)cc2)ccc1C(=O)NS(=O)(=O)CCCO. The van der Waals surface area contributed by atoms with Crippen molar-refractivity contribution in [3.8, 4) is 16.9 Å². The van der Waals surface area contributed by atoms with E-state index in [0.717, 1.165) is 22.4 Å². The normalized spacial score (nSPS) is 12.2. The Morgan fingerprint density at radius 1 is 1.00 bits per heavy atom. The van der Waals surface area contributed by atoms with E-state index in [0.29, 0.717) is 37.0 Å². The number of hydrogen-bond acceptors (Lipinski definition) is 8. The molecule has 11 heteroatoms. The maximum Gasteiger partial charge on any atom is 0.268 e. The zero-order valence-electron chi connectivity index (χ0n) is 23.3. The van der Waals surface area contributed by atoms with Crippen LogP contribution in [0.15, 0.2) is 66.7 Å². The maximum absolute atomic E-state index is 12.8. The number of rotatable bonds is 16. The minimum Gasteiger partial charge on any atom is -0.492 e. The van der Waals surface area contributed by atoms with Gasteiger partial charge in [0.15, 0.2) is 0 Å². The summed E-state index contributed by atoms with van der Waals surface area (Å²) in [7, 11) is -3.88. The number of aliphatic hydroxyl groups excluding tert-OH is 2. The summed E-state index contributed by atoms with van der Waals surface area (Å²) in [6, 6.07) is 20.0. The van der Waals surface area contributed by atoms with Crippen molar-refractivity contribution in [3.05, 3.63) is 82.9 Å². The quantitative estimate of drug-likeness (QED) is 0.154. The highest BCUT2D eigenvalue weighted by molar-refractivity contribution is 7.90. The van der Waals surface area contributed by atoms with Crippen molar-refractivity contribution < 1.29 is 28.2 Å². The molecular weight excluding hydrogens is 566 g/mol. The molecule has 222 valence electrons. The van der Waals surface area contributed by atoms with Crippen molar-refractivity contribution in [1.29, 1.82) is 0 Å². The lowest BCUT2D eigenvalue weighted by atomic mass is 10.0. The minimum atomic E-state index is -3.88. The van der Waals surface area contributed by atoms with Crippen LogP contribution in [0, 0.1) is 5.92 Å². The summed E-state index contributed by atoms with van der Waals surface area (Å²) in [5.41, 5.74) is 3.52. The third-order valence-corrected chi connectivity index (χ3v) is 7.60. The largest absolute Gasteiger partial charge is 0.492 e. The van der Waals surface area contributed by atoms with Gasteiger partial charge in [-0.3, -0.25) is 4.79 Å². The van der Waals surface area contributed by atoms with Gasteiger partial charge >= 0.3 is 0 Å². The molecule has 0 heterocycles. The van der Waals surface area contributed by atoms with Gasteiger partial charge in [-0.25, -0.2) is 13.1 Å². The highest BCUT2D eigenvalue weighted by atomic mass is 35.5. The van der Waals surface area contributed by atoms with Crippen LogP contribution < -0.4 is 20.1 Å². The molecule has 3 rings (SSSR count). The standard InChI is InChI=1S/C30H38ClN3O6S/c1-21(2)20-40-29-18-23(9-12-27(29)30(37)34-41(38,39)16-4-15-35)22-7-10-26(11-8-22)33-14-13-32-19-28(36)24-5-3-6-25(31)17-24/h3,5-12,17-18,21,28,32-33,35-36H,4,13-16,19-20H2,1-2H3,(H,34,37)/t28-/m0/s1. The van der Waals surface area contributed by atoms with Crippen LogP contribution in [0.1, 0.15) is 42.3 Å². The molecule has 1 atom stereocenters. The molecule has 0 unspecified atom stereocenters. The Balaban J connectivity index is 1.60. The number of benzene rings is 3. The monoisotopic (exact) mass is 603 g/mol. The molecule has 0 saturated heterocycles. The van der Waals surface area contributed by atoms with Crippen molar-refractivity contribution in [2.24, 2.45) is 5.92 Å². The van der Waals surface area contributed by atoms with E-state index in [4.69, 9.17) is 21.4 Å². The molecule has 0 radical (unpaired) electrons. The number of sulfonamides is 1. The predicted octanol–water partition coefficient (Wildman–Crippen LogP) is 4.22. The van der Waals surface area contributed by atoms with Crippen molar-refractivity contribution in [2.75, 3.05) is 43.9 Å². The fourth-order valence-electron chi connectivity index (χ4n) is 3.91. The lowest BCUT2D eigenvalue weighted by Crippen LogP contribution is -2.33. The van der Waals surface area contributed by atoms with Crippen molar-refractivity contribution in [1.82, 2.24) is 10.0 Å². The average molecular weight is 604 g/mol. The van der Waals surface area contributed by atoms with E-state index >= 15 is 0 Å². The zero-order valence-corrected chi connectivity index (χ0v) is 24.8. The number of nitrogens with one attached hydrogen (secondary N) is 3. The summed E-state index contributed by atoms with van der Waals surface area (Å²) in [5, 5.41) is 26.4. The van der Waals surface area contributed by atoms with Crippen LogP contribution in [0.25, 0.3) is 11.1 Å². The van der Waals surface area contributed by atoms with Gasteiger partial charge in [0.2, 0.25) is 10.0 Å². The van der Waals surface area contributed by atoms with Gasteiger partial charge in [0, 0.05) is 37.0 Å². The molecule has 3 aromatic carbocycles. The van der Waals surface area contributed by atoms with E-state index in [9.17, 15) is 18.3 Å². The summed E-state index contributed by atoms with van der Waals surface area (Å²) in [4.78, 5) is 12.8. The van der Waals surface area contributed by atoms with Gasteiger partial charge in [-0.1, -0.05) is 55.8 Å². The minimum absolute atomic E-state index is 0.0344. The lowest BCUT2D eigenvalue weighted by Gasteiger charge is -2.15. The predicted molar refractivity (Wildman–Crippen MR) is 163 cm³/mol. The van der Waals surface area contributed by atoms with Crippen LogP contribution in [-0.4, -0.2) is 63.1 Å². The summed E-state index contributed by atoms with van der Waals surface area (Å²) in [6.45, 7) is 5.73. The lowest BCUT2D eigenvalue weighted by molar-refractivity contribution is 0.0976. The van der Waals surface area contributed by atoms with Crippen LogP contribution in [0.2, 0.25) is 5.02 Å². The van der Waals surface area contributed by atoms with Crippen LogP contribution in [-0.2, 0) is 10.0 Å². The van der Waals surface area contributed by atoms with Crippen LogP contribution in [0.5, 0.6) is 5.75 Å². The summed E-state index contributed by atoms with van der Waals surface area (Å²) in [5.74, 6) is -0.639. The molecule has 9 nitrogen and oxygen atoms in total. The Hall–Kier alpha value is -3.15. The molecule has 0 spiro atoms. The molecule has 41 heavy (non-hydrogen) atoms. The Bertz CT molecular complexity index is 1380. The van der Waals surface area contributed by atoms with Crippen molar-refractivity contribution in [3.63, 3.8) is 0 Å². The molecule has 5 N–H and O–H groups in total. The molecule has 0 saturated carbocycles. The second-order valence-corrected chi connectivity index (χ2v) is 12.3. The molecule has 0 aliphatic rings. The van der Waals surface area contributed by atoms with E-state index in [1.807, 2.05) is 50.2 Å². The van der Waals surface area contributed by atoms with Crippen molar-refractivity contribution >= 4 is 33.2 Å². The van der Waals surface area contributed by atoms with Gasteiger partial charge in [0.05, 0.1) is 24.0 Å². The van der Waals surface area contributed by atoms with Gasteiger partial charge in [-0.2, -0.15) is 0 Å². The van der Waals surface area contributed by atoms with E-state index in [2.05, 4.69) is 15.4 Å². The fraction of sp³-hybridized carbons (Fsp3) is 0.367. The van der Waals surface area contributed by atoms with E-state index < -0.39 is 22.0 Å². The number of halogens is 1. The number of aliphatic hydroxyl groups is 2.